The van der Waals surface area contributed by atoms with E-state index in [9.17, 15) is 14.0 Å². The number of halogens is 2. The van der Waals surface area contributed by atoms with Crippen LogP contribution in [0.1, 0.15) is 17.0 Å². The highest BCUT2D eigenvalue weighted by molar-refractivity contribution is 5.61. The average molecular weight is 328 g/mol. The van der Waals surface area contributed by atoms with Crippen molar-refractivity contribution >= 4 is 0 Å². The highest BCUT2D eigenvalue weighted by Gasteiger charge is 2.36. The quantitative estimate of drug-likeness (QED) is 0.871. The number of nitrogens with zero attached hydrogens (tertiary/aromatic N) is 1. The maximum Gasteiger partial charge on any atom is 0.231 e. The smallest absolute Gasteiger partial charge is 0.231 e. The van der Waals surface area contributed by atoms with Crippen LogP contribution in [0.4, 0.5) is 8.78 Å². The molecule has 2 heterocycles. The number of nitrogens with two attached hydrogens (primary N) is 1. The van der Waals surface area contributed by atoms with Gasteiger partial charge in [-0.3, -0.25) is 0 Å². The zero-order valence-electron chi connectivity index (χ0n) is 12.2. The van der Waals surface area contributed by atoms with Crippen molar-refractivity contribution in [2.24, 2.45) is 5.73 Å². The summed E-state index contributed by atoms with van der Waals surface area (Å²) >= 11 is 0. The zero-order valence-corrected chi connectivity index (χ0v) is 12.2. The van der Waals surface area contributed by atoms with Crippen LogP contribution >= 0.6 is 0 Å². The highest BCUT2D eigenvalue weighted by Crippen LogP contribution is 2.48. The van der Waals surface area contributed by atoms with Crippen LogP contribution < -0.4 is 19.9 Å². The van der Waals surface area contributed by atoms with Gasteiger partial charge >= 0.3 is 0 Å². The Balaban J connectivity index is 2.00. The van der Waals surface area contributed by atoms with E-state index >= 15 is 0 Å². The number of fused-ring (bicyclic) bond motifs is 2. The molecule has 0 saturated heterocycles. The molecule has 4 rings (SSSR count). The van der Waals surface area contributed by atoms with Gasteiger partial charge in [-0.2, -0.15) is 5.26 Å². The van der Waals surface area contributed by atoms with Crippen molar-refractivity contribution in [1.82, 2.24) is 0 Å². The minimum absolute atomic E-state index is 0.0327. The van der Waals surface area contributed by atoms with Gasteiger partial charge in [-0.15, -0.1) is 0 Å². The van der Waals surface area contributed by atoms with Gasteiger partial charge in [-0.05, 0) is 18.2 Å². The molecule has 0 saturated carbocycles. The number of hydrogen-bond acceptors (Lipinski definition) is 5. The molecule has 2 aromatic carbocycles. The monoisotopic (exact) mass is 328 g/mol. The molecule has 1 unspecified atom stereocenters. The molecular formula is C17H10F2N2O3. The van der Waals surface area contributed by atoms with E-state index in [1.54, 1.807) is 6.07 Å². The Morgan fingerprint density at radius 3 is 2.42 bits per heavy atom. The van der Waals surface area contributed by atoms with Crippen LogP contribution in [0.5, 0.6) is 17.2 Å². The van der Waals surface area contributed by atoms with Crippen molar-refractivity contribution in [2.75, 3.05) is 6.79 Å². The highest BCUT2D eigenvalue weighted by atomic mass is 19.1. The Labute approximate surface area is 135 Å². The molecular weight excluding hydrogens is 318 g/mol. The molecule has 2 N–H and O–H groups in total. The molecule has 2 aliphatic rings. The first-order chi connectivity index (χ1) is 11.6. The van der Waals surface area contributed by atoms with Gasteiger partial charge < -0.3 is 19.9 Å². The predicted molar refractivity (Wildman–Crippen MR) is 78.2 cm³/mol. The van der Waals surface area contributed by atoms with Gasteiger partial charge in [0.1, 0.15) is 29.0 Å². The van der Waals surface area contributed by atoms with Crippen LogP contribution in [0.2, 0.25) is 0 Å². The fraction of sp³-hybridized carbons (Fsp3) is 0.118. The van der Waals surface area contributed by atoms with E-state index in [0.717, 1.165) is 12.1 Å². The molecule has 2 aliphatic heterocycles. The molecule has 0 aliphatic carbocycles. The molecule has 0 aromatic heterocycles. The molecule has 24 heavy (non-hydrogen) atoms. The van der Waals surface area contributed by atoms with Crippen LogP contribution in [-0.4, -0.2) is 6.79 Å². The van der Waals surface area contributed by atoms with Gasteiger partial charge in [0.15, 0.2) is 11.5 Å². The third-order valence-corrected chi connectivity index (χ3v) is 4.00. The fourth-order valence-corrected chi connectivity index (χ4v) is 2.93. The molecule has 0 fully saturated rings. The lowest BCUT2D eigenvalue weighted by Crippen LogP contribution is -2.22. The van der Waals surface area contributed by atoms with Gasteiger partial charge in [0, 0.05) is 17.2 Å². The molecule has 2 aromatic rings. The van der Waals surface area contributed by atoms with Crippen LogP contribution in [0.25, 0.3) is 0 Å². The zero-order chi connectivity index (χ0) is 16.8. The Bertz CT molecular complexity index is 914. The predicted octanol–water partition coefficient (Wildman–Crippen LogP) is 2.91. The first-order valence-corrected chi connectivity index (χ1v) is 7.05. The SMILES string of the molecule is N#CC1=C(N)Oc2cc3c(cc2C1c1c(F)cccc1F)OCO3. The van der Waals surface area contributed by atoms with E-state index in [4.69, 9.17) is 19.9 Å². The number of allylic oxidation sites excluding steroid dienone is 1. The van der Waals surface area contributed by atoms with E-state index in [1.165, 1.54) is 12.1 Å². The number of hydrogen-bond donors (Lipinski definition) is 1. The van der Waals surface area contributed by atoms with E-state index in [-0.39, 0.29) is 29.6 Å². The second-order valence-electron chi connectivity index (χ2n) is 5.30. The average Bonchev–Trinajstić information content (AvgIpc) is 3.00. The summed E-state index contributed by atoms with van der Waals surface area (Å²) in [5.74, 6) is -1.65. The van der Waals surface area contributed by atoms with Crippen LogP contribution in [0, 0.1) is 23.0 Å². The lowest BCUT2D eigenvalue weighted by Gasteiger charge is -2.27. The number of ether oxygens (including phenoxy) is 3. The first-order valence-electron chi connectivity index (χ1n) is 7.05. The van der Waals surface area contributed by atoms with Gasteiger partial charge in [-0.25, -0.2) is 8.78 Å². The summed E-state index contributed by atoms with van der Waals surface area (Å²) < 4.78 is 44.7. The van der Waals surface area contributed by atoms with Crippen LogP contribution in [-0.2, 0) is 0 Å². The topological polar surface area (TPSA) is 77.5 Å². The molecule has 0 bridgehead atoms. The van der Waals surface area contributed by atoms with E-state index in [1.807, 2.05) is 6.07 Å². The third kappa shape index (κ3) is 1.97. The largest absolute Gasteiger partial charge is 0.454 e. The molecule has 5 nitrogen and oxygen atoms in total. The summed E-state index contributed by atoms with van der Waals surface area (Å²) in [5.41, 5.74) is 5.85. The molecule has 120 valence electrons. The van der Waals surface area contributed by atoms with Crippen molar-refractivity contribution in [3.8, 4) is 23.3 Å². The Morgan fingerprint density at radius 2 is 1.75 bits per heavy atom. The standard InChI is InChI=1S/C17H10F2N2O3/c18-10-2-1-3-11(19)16(10)15-8-4-13-14(23-7-22-13)5-12(8)24-17(21)9(15)6-20/h1-5,15H,7,21H2. The summed E-state index contributed by atoms with van der Waals surface area (Å²) in [7, 11) is 0. The summed E-state index contributed by atoms with van der Waals surface area (Å²) in [6.07, 6.45) is 0. The Hall–Kier alpha value is -3.27. The summed E-state index contributed by atoms with van der Waals surface area (Å²) in [6.45, 7) is 0.0327. The van der Waals surface area contributed by atoms with Gasteiger partial charge in [0.25, 0.3) is 0 Å². The lowest BCUT2D eigenvalue weighted by atomic mass is 9.83. The second-order valence-corrected chi connectivity index (χ2v) is 5.30. The molecule has 0 spiro atoms. The summed E-state index contributed by atoms with van der Waals surface area (Å²) in [4.78, 5) is 0. The van der Waals surface area contributed by atoms with Crippen molar-refractivity contribution in [3.63, 3.8) is 0 Å². The number of rotatable bonds is 1. The van der Waals surface area contributed by atoms with Crippen LogP contribution in [0.3, 0.4) is 0 Å². The Morgan fingerprint density at radius 1 is 1.08 bits per heavy atom. The maximum absolute atomic E-state index is 14.3. The van der Waals surface area contributed by atoms with E-state index in [2.05, 4.69) is 0 Å². The fourth-order valence-electron chi connectivity index (χ4n) is 2.93. The number of nitriles is 1. The van der Waals surface area contributed by atoms with Crippen molar-refractivity contribution in [2.45, 2.75) is 5.92 Å². The van der Waals surface area contributed by atoms with Gasteiger partial charge in [0.2, 0.25) is 12.7 Å². The number of benzene rings is 2. The molecule has 0 radical (unpaired) electrons. The van der Waals surface area contributed by atoms with E-state index < -0.39 is 17.6 Å². The van der Waals surface area contributed by atoms with Crippen molar-refractivity contribution in [3.05, 3.63) is 64.5 Å². The Kier molecular flexibility index (Phi) is 3.06. The normalized spacial score (nSPS) is 18.0. The summed E-state index contributed by atoms with van der Waals surface area (Å²) in [6, 6.07) is 8.49. The molecule has 1 atom stereocenters. The summed E-state index contributed by atoms with van der Waals surface area (Å²) in [5, 5.41) is 9.43. The lowest BCUT2D eigenvalue weighted by molar-refractivity contribution is 0.174. The van der Waals surface area contributed by atoms with Gasteiger partial charge in [0.05, 0.1) is 5.92 Å². The van der Waals surface area contributed by atoms with Crippen molar-refractivity contribution in [1.29, 1.82) is 5.26 Å². The van der Waals surface area contributed by atoms with Crippen molar-refractivity contribution < 1.29 is 23.0 Å². The second kappa shape index (κ2) is 5.13. The van der Waals surface area contributed by atoms with Gasteiger partial charge in [-0.1, -0.05) is 6.07 Å². The minimum Gasteiger partial charge on any atom is -0.454 e. The molecule has 0 amide bonds. The molecule has 7 heteroatoms. The minimum atomic E-state index is -1.03. The maximum atomic E-state index is 14.3. The third-order valence-electron chi connectivity index (χ3n) is 4.00. The van der Waals surface area contributed by atoms with Crippen LogP contribution in [0.15, 0.2) is 41.8 Å². The van der Waals surface area contributed by atoms with E-state index in [0.29, 0.717) is 17.1 Å². The first kappa shape index (κ1) is 14.3.